The van der Waals surface area contributed by atoms with Crippen LogP contribution >= 0.6 is 11.3 Å². The van der Waals surface area contributed by atoms with E-state index in [1.165, 1.54) is 34.7 Å². The Morgan fingerprint density at radius 1 is 1.35 bits per heavy atom. The SMILES string of the molecule is Cc1cc(/C=C/c2csc(N)n2)c(C)n1CCC(C)C. The number of aromatic nitrogens is 2. The first-order valence-electron chi connectivity index (χ1n) is 7.03. The van der Waals surface area contributed by atoms with E-state index >= 15 is 0 Å². The van der Waals surface area contributed by atoms with E-state index in [9.17, 15) is 0 Å². The molecule has 0 saturated carbocycles. The van der Waals surface area contributed by atoms with Crippen molar-refractivity contribution in [2.45, 2.75) is 40.7 Å². The average molecular weight is 289 g/mol. The van der Waals surface area contributed by atoms with Crippen molar-refractivity contribution in [2.24, 2.45) is 5.92 Å². The van der Waals surface area contributed by atoms with Crippen LogP contribution in [0.2, 0.25) is 0 Å². The van der Waals surface area contributed by atoms with Gasteiger partial charge in [0.05, 0.1) is 5.69 Å². The first-order chi connectivity index (χ1) is 9.47. The van der Waals surface area contributed by atoms with E-state index in [0.717, 1.165) is 18.2 Å². The first kappa shape index (κ1) is 14.9. The summed E-state index contributed by atoms with van der Waals surface area (Å²) in [6, 6.07) is 2.24. The van der Waals surface area contributed by atoms with Gasteiger partial charge in [0, 0.05) is 23.3 Å². The molecule has 0 fully saturated rings. The molecule has 0 atom stereocenters. The summed E-state index contributed by atoms with van der Waals surface area (Å²) in [5.41, 5.74) is 10.5. The minimum atomic E-state index is 0.618. The van der Waals surface area contributed by atoms with Crippen molar-refractivity contribution < 1.29 is 0 Å². The van der Waals surface area contributed by atoms with Crippen molar-refractivity contribution in [1.82, 2.24) is 9.55 Å². The van der Waals surface area contributed by atoms with Gasteiger partial charge in [0.2, 0.25) is 0 Å². The maximum absolute atomic E-state index is 5.64. The number of thiazole rings is 1. The maximum Gasteiger partial charge on any atom is 0.180 e. The molecule has 108 valence electrons. The van der Waals surface area contributed by atoms with Crippen LogP contribution in [0.5, 0.6) is 0 Å². The zero-order valence-corrected chi connectivity index (χ0v) is 13.5. The number of rotatable bonds is 5. The molecule has 4 heteroatoms. The van der Waals surface area contributed by atoms with Gasteiger partial charge in [0.1, 0.15) is 0 Å². The minimum absolute atomic E-state index is 0.618. The van der Waals surface area contributed by atoms with Crippen molar-refractivity contribution in [2.75, 3.05) is 5.73 Å². The molecule has 0 aliphatic rings. The summed E-state index contributed by atoms with van der Waals surface area (Å²) in [5, 5.41) is 2.59. The van der Waals surface area contributed by atoms with Crippen LogP contribution in [-0.2, 0) is 6.54 Å². The molecule has 0 radical (unpaired) electrons. The van der Waals surface area contributed by atoms with E-state index in [0.29, 0.717) is 5.13 Å². The molecule has 2 heterocycles. The van der Waals surface area contributed by atoms with Crippen LogP contribution in [-0.4, -0.2) is 9.55 Å². The number of anilines is 1. The van der Waals surface area contributed by atoms with Gasteiger partial charge in [-0.2, -0.15) is 0 Å². The molecular formula is C16H23N3S. The zero-order chi connectivity index (χ0) is 14.7. The van der Waals surface area contributed by atoms with Crippen LogP contribution < -0.4 is 5.73 Å². The number of nitrogens with two attached hydrogens (primary N) is 1. The standard InChI is InChI=1S/C16H23N3S/c1-11(2)7-8-19-12(3)9-14(13(19)4)5-6-15-10-20-16(17)18-15/h5-6,9-11H,7-8H2,1-4H3,(H2,17,18)/b6-5+. The van der Waals surface area contributed by atoms with Crippen LogP contribution in [0.3, 0.4) is 0 Å². The summed E-state index contributed by atoms with van der Waals surface area (Å²) in [6.07, 6.45) is 5.37. The van der Waals surface area contributed by atoms with Crippen molar-refractivity contribution in [1.29, 1.82) is 0 Å². The molecule has 0 bridgehead atoms. The molecule has 2 aromatic heterocycles. The lowest BCUT2D eigenvalue weighted by atomic mass is 10.1. The van der Waals surface area contributed by atoms with E-state index in [4.69, 9.17) is 5.73 Å². The predicted molar refractivity (Wildman–Crippen MR) is 88.8 cm³/mol. The third-order valence-corrected chi connectivity index (χ3v) is 4.21. The molecule has 20 heavy (non-hydrogen) atoms. The number of hydrogen-bond acceptors (Lipinski definition) is 3. The predicted octanol–water partition coefficient (Wildman–Crippen LogP) is 4.36. The van der Waals surface area contributed by atoms with Gasteiger partial charge in [0.25, 0.3) is 0 Å². The molecule has 2 N–H and O–H groups in total. The second-order valence-electron chi connectivity index (χ2n) is 5.60. The molecule has 2 aromatic rings. The molecular weight excluding hydrogens is 266 g/mol. The molecule has 3 nitrogen and oxygen atoms in total. The summed E-state index contributed by atoms with van der Waals surface area (Å²) in [4.78, 5) is 4.25. The fourth-order valence-electron chi connectivity index (χ4n) is 2.28. The van der Waals surface area contributed by atoms with Gasteiger partial charge in [-0.25, -0.2) is 4.98 Å². The summed E-state index contributed by atoms with van der Waals surface area (Å²) < 4.78 is 2.40. The summed E-state index contributed by atoms with van der Waals surface area (Å²) >= 11 is 1.47. The Morgan fingerprint density at radius 2 is 2.10 bits per heavy atom. The smallest absolute Gasteiger partial charge is 0.180 e. The highest BCUT2D eigenvalue weighted by atomic mass is 32.1. The van der Waals surface area contributed by atoms with Crippen LogP contribution in [0.25, 0.3) is 12.2 Å². The second kappa shape index (κ2) is 6.27. The van der Waals surface area contributed by atoms with Gasteiger partial charge in [0.15, 0.2) is 5.13 Å². The molecule has 2 rings (SSSR count). The van der Waals surface area contributed by atoms with Gasteiger partial charge in [-0.1, -0.05) is 19.9 Å². The highest BCUT2D eigenvalue weighted by Crippen LogP contribution is 2.20. The van der Waals surface area contributed by atoms with Crippen LogP contribution in [0.15, 0.2) is 11.4 Å². The molecule has 0 amide bonds. The van der Waals surface area contributed by atoms with E-state index < -0.39 is 0 Å². The highest BCUT2D eigenvalue weighted by Gasteiger charge is 2.07. The second-order valence-corrected chi connectivity index (χ2v) is 6.49. The normalized spacial score (nSPS) is 11.8. The Balaban J connectivity index is 2.16. The molecule has 0 aromatic carbocycles. The maximum atomic E-state index is 5.64. The lowest BCUT2D eigenvalue weighted by Crippen LogP contribution is -2.05. The minimum Gasteiger partial charge on any atom is -0.375 e. The molecule has 0 aliphatic carbocycles. The third kappa shape index (κ3) is 3.51. The third-order valence-electron chi connectivity index (χ3n) is 3.52. The van der Waals surface area contributed by atoms with Gasteiger partial charge < -0.3 is 10.3 Å². The van der Waals surface area contributed by atoms with Crippen LogP contribution in [0.1, 0.15) is 42.9 Å². The van der Waals surface area contributed by atoms with Crippen LogP contribution in [0.4, 0.5) is 5.13 Å². The molecule has 0 saturated heterocycles. The van der Waals surface area contributed by atoms with Crippen molar-refractivity contribution in [3.05, 3.63) is 34.1 Å². The number of aryl methyl sites for hydroxylation is 1. The highest BCUT2D eigenvalue weighted by molar-refractivity contribution is 7.13. The largest absolute Gasteiger partial charge is 0.375 e. The number of nitrogen functional groups attached to an aromatic ring is 1. The Labute approximate surface area is 125 Å². The lowest BCUT2D eigenvalue weighted by Gasteiger charge is -2.11. The summed E-state index contributed by atoms with van der Waals surface area (Å²) in [6.45, 7) is 9.98. The van der Waals surface area contributed by atoms with E-state index in [1.807, 2.05) is 11.5 Å². The Hall–Kier alpha value is -1.55. The molecule has 0 unspecified atom stereocenters. The molecule has 0 spiro atoms. The molecule has 0 aliphatic heterocycles. The summed E-state index contributed by atoms with van der Waals surface area (Å²) in [5.74, 6) is 0.730. The summed E-state index contributed by atoms with van der Waals surface area (Å²) in [7, 11) is 0. The van der Waals surface area contributed by atoms with Crippen LogP contribution in [0, 0.1) is 19.8 Å². The van der Waals surface area contributed by atoms with E-state index in [-0.39, 0.29) is 0 Å². The fourth-order valence-corrected chi connectivity index (χ4v) is 2.81. The van der Waals surface area contributed by atoms with Crippen molar-refractivity contribution in [3.8, 4) is 0 Å². The van der Waals surface area contributed by atoms with Gasteiger partial charge in [-0.3, -0.25) is 0 Å². The van der Waals surface area contributed by atoms with E-state index in [2.05, 4.69) is 49.4 Å². The van der Waals surface area contributed by atoms with Crippen molar-refractivity contribution in [3.63, 3.8) is 0 Å². The quantitative estimate of drug-likeness (QED) is 0.888. The Morgan fingerprint density at radius 3 is 2.70 bits per heavy atom. The Kier molecular flexibility index (Phi) is 4.65. The van der Waals surface area contributed by atoms with Gasteiger partial charge >= 0.3 is 0 Å². The lowest BCUT2D eigenvalue weighted by molar-refractivity contribution is 0.506. The topological polar surface area (TPSA) is 43.8 Å². The van der Waals surface area contributed by atoms with Crippen molar-refractivity contribution >= 4 is 28.6 Å². The van der Waals surface area contributed by atoms with Gasteiger partial charge in [-0.05, 0) is 43.9 Å². The number of nitrogens with zero attached hydrogens (tertiary/aromatic N) is 2. The van der Waals surface area contributed by atoms with E-state index in [1.54, 1.807) is 0 Å². The first-order valence-corrected chi connectivity index (χ1v) is 7.91. The fraction of sp³-hybridized carbons (Fsp3) is 0.438. The van der Waals surface area contributed by atoms with Gasteiger partial charge in [-0.15, -0.1) is 11.3 Å². The monoisotopic (exact) mass is 289 g/mol. The Bertz CT molecular complexity index is 605. The zero-order valence-electron chi connectivity index (χ0n) is 12.7. The number of hydrogen-bond donors (Lipinski definition) is 1. The average Bonchev–Trinajstić information content (AvgIpc) is 2.90.